The number of thioether (sulfide) groups is 1. The minimum absolute atomic E-state index is 0.0430. The highest BCUT2D eigenvalue weighted by molar-refractivity contribution is 7.98. The van der Waals surface area contributed by atoms with Crippen LogP contribution >= 0.6 is 11.8 Å². The zero-order chi connectivity index (χ0) is 19.9. The second-order valence-corrected chi connectivity index (χ2v) is 7.36. The molecule has 3 aromatic rings. The lowest BCUT2D eigenvalue weighted by atomic mass is 10.1. The molecule has 1 amide bonds. The Hall–Kier alpha value is -2.64. The molecule has 0 saturated carbocycles. The lowest BCUT2D eigenvalue weighted by molar-refractivity contribution is -0.122. The number of carbonyl (C=O) groups is 1. The van der Waals surface area contributed by atoms with Gasteiger partial charge in [-0.15, -0.1) is 0 Å². The first-order chi connectivity index (χ1) is 13.6. The third kappa shape index (κ3) is 5.21. The number of hydrogen-bond acceptors (Lipinski definition) is 4. The summed E-state index contributed by atoms with van der Waals surface area (Å²) >= 11 is 1.33. The Balaban J connectivity index is 1.63. The first-order valence-corrected chi connectivity index (χ1v) is 9.89. The Morgan fingerprint density at radius 1 is 1.21 bits per heavy atom. The van der Waals surface area contributed by atoms with Crippen molar-refractivity contribution >= 4 is 17.7 Å². The van der Waals surface area contributed by atoms with Crippen LogP contribution in [0, 0.1) is 12.7 Å². The maximum Gasteiger partial charge on any atom is 0.240 e. The molecule has 7 heteroatoms. The third-order valence-electron chi connectivity index (χ3n) is 4.29. The summed E-state index contributed by atoms with van der Waals surface area (Å²) in [7, 11) is 0. The number of rotatable bonds is 8. The van der Waals surface area contributed by atoms with Crippen molar-refractivity contribution in [3.8, 4) is 0 Å². The van der Waals surface area contributed by atoms with E-state index in [1.807, 2.05) is 31.2 Å². The number of aryl methyl sites for hydroxylation is 1. The number of nitrogens with one attached hydrogen (secondary N) is 1. The van der Waals surface area contributed by atoms with Gasteiger partial charge in [0.05, 0.1) is 18.5 Å². The molecular weight excluding hydrogens is 377 g/mol. The number of halogens is 1. The van der Waals surface area contributed by atoms with Gasteiger partial charge in [-0.05, 0) is 24.1 Å². The quantitative estimate of drug-likeness (QED) is 0.570. The lowest BCUT2D eigenvalue weighted by Gasteiger charge is -2.11. The number of aliphatic hydroxyl groups excluding tert-OH is 1. The van der Waals surface area contributed by atoms with Gasteiger partial charge < -0.3 is 15.0 Å². The molecule has 2 aromatic carbocycles. The largest absolute Gasteiger partial charge is 0.390 e. The van der Waals surface area contributed by atoms with Gasteiger partial charge in [-0.1, -0.05) is 59.8 Å². The fraction of sp³-hybridized carbons (Fsp3) is 0.238. The molecular formula is C21H22FN3O2S. The number of imidazole rings is 1. The summed E-state index contributed by atoms with van der Waals surface area (Å²) in [5.41, 5.74) is 3.29. The van der Waals surface area contributed by atoms with E-state index in [0.29, 0.717) is 28.7 Å². The maximum absolute atomic E-state index is 13.8. The van der Waals surface area contributed by atoms with Gasteiger partial charge in [-0.25, -0.2) is 9.37 Å². The molecule has 0 unspecified atom stereocenters. The molecule has 146 valence electrons. The fourth-order valence-electron chi connectivity index (χ4n) is 2.67. The second kappa shape index (κ2) is 9.52. The zero-order valence-electron chi connectivity index (χ0n) is 15.6. The van der Waals surface area contributed by atoms with Crippen molar-refractivity contribution in [1.29, 1.82) is 0 Å². The standard InChI is InChI=1S/C21H22FN3O2S/c1-15-6-8-16(9-7-15)10-23-20(27)12-25-18(13-26)11-24-21(25)28-14-17-4-2-3-5-19(17)22/h2-9,11,26H,10,12-14H2,1H3,(H,23,27). The van der Waals surface area contributed by atoms with Crippen LogP contribution in [-0.4, -0.2) is 20.6 Å². The first kappa shape index (κ1) is 20.1. The monoisotopic (exact) mass is 399 g/mol. The SMILES string of the molecule is Cc1ccc(CNC(=O)Cn2c(CO)cnc2SCc2ccccc2F)cc1. The molecule has 0 aliphatic rings. The molecule has 5 nitrogen and oxygen atoms in total. The Kier molecular flexibility index (Phi) is 6.84. The average Bonchev–Trinajstić information content (AvgIpc) is 3.08. The first-order valence-electron chi connectivity index (χ1n) is 8.90. The summed E-state index contributed by atoms with van der Waals surface area (Å²) in [5.74, 6) is -0.0631. The van der Waals surface area contributed by atoms with Crippen molar-refractivity contribution in [2.24, 2.45) is 0 Å². The van der Waals surface area contributed by atoms with Crippen LogP contribution in [0.3, 0.4) is 0 Å². The summed E-state index contributed by atoms with van der Waals surface area (Å²) < 4.78 is 15.5. The van der Waals surface area contributed by atoms with Crippen LogP contribution in [-0.2, 0) is 30.2 Å². The number of amides is 1. The molecule has 0 saturated heterocycles. The van der Waals surface area contributed by atoms with Gasteiger partial charge in [0.2, 0.25) is 5.91 Å². The normalized spacial score (nSPS) is 10.8. The van der Waals surface area contributed by atoms with Crippen LogP contribution < -0.4 is 5.32 Å². The van der Waals surface area contributed by atoms with E-state index in [4.69, 9.17) is 0 Å². The number of hydrogen-bond donors (Lipinski definition) is 2. The summed E-state index contributed by atoms with van der Waals surface area (Å²) in [6.07, 6.45) is 1.54. The van der Waals surface area contributed by atoms with Crippen LogP contribution in [0.1, 0.15) is 22.4 Å². The van der Waals surface area contributed by atoms with Crippen LogP contribution in [0.4, 0.5) is 4.39 Å². The van der Waals surface area contributed by atoms with E-state index in [2.05, 4.69) is 10.3 Å². The molecule has 0 atom stereocenters. The van der Waals surface area contributed by atoms with Crippen molar-refractivity contribution in [2.75, 3.05) is 0 Å². The summed E-state index contributed by atoms with van der Waals surface area (Å²) in [5, 5.41) is 13.0. The highest BCUT2D eigenvalue weighted by Gasteiger charge is 2.14. The van der Waals surface area contributed by atoms with E-state index >= 15 is 0 Å². The van der Waals surface area contributed by atoms with Crippen molar-refractivity contribution < 1.29 is 14.3 Å². The highest BCUT2D eigenvalue weighted by Crippen LogP contribution is 2.24. The van der Waals surface area contributed by atoms with E-state index in [1.165, 1.54) is 24.0 Å². The second-order valence-electron chi connectivity index (χ2n) is 6.42. The van der Waals surface area contributed by atoms with Gasteiger partial charge in [-0.2, -0.15) is 0 Å². The van der Waals surface area contributed by atoms with Crippen molar-refractivity contribution in [1.82, 2.24) is 14.9 Å². The Morgan fingerprint density at radius 2 is 1.96 bits per heavy atom. The van der Waals surface area contributed by atoms with Crippen molar-refractivity contribution in [2.45, 2.75) is 37.5 Å². The fourth-order valence-corrected chi connectivity index (χ4v) is 3.65. The predicted molar refractivity (Wildman–Crippen MR) is 107 cm³/mol. The molecule has 3 rings (SSSR count). The average molecular weight is 399 g/mol. The lowest BCUT2D eigenvalue weighted by Crippen LogP contribution is -2.28. The van der Waals surface area contributed by atoms with Crippen molar-refractivity contribution in [3.63, 3.8) is 0 Å². The minimum atomic E-state index is -0.272. The summed E-state index contributed by atoms with van der Waals surface area (Å²) in [6.45, 7) is 2.26. The molecule has 0 radical (unpaired) electrons. The van der Waals surface area contributed by atoms with E-state index in [-0.39, 0.29) is 24.9 Å². The molecule has 1 heterocycles. The van der Waals surface area contributed by atoms with Gasteiger partial charge in [0.1, 0.15) is 12.4 Å². The van der Waals surface area contributed by atoms with E-state index < -0.39 is 0 Å². The van der Waals surface area contributed by atoms with Crippen molar-refractivity contribution in [3.05, 3.63) is 82.9 Å². The molecule has 0 spiro atoms. The number of benzene rings is 2. The molecule has 0 bridgehead atoms. The number of aromatic nitrogens is 2. The third-order valence-corrected chi connectivity index (χ3v) is 5.33. The molecule has 0 aliphatic carbocycles. The zero-order valence-corrected chi connectivity index (χ0v) is 16.4. The van der Waals surface area contributed by atoms with Gasteiger partial charge in [-0.3, -0.25) is 4.79 Å². The Morgan fingerprint density at radius 3 is 2.68 bits per heavy atom. The minimum Gasteiger partial charge on any atom is -0.390 e. The van der Waals surface area contributed by atoms with Crippen LogP contribution in [0.2, 0.25) is 0 Å². The molecule has 28 heavy (non-hydrogen) atoms. The van der Waals surface area contributed by atoms with E-state index in [1.54, 1.807) is 22.8 Å². The topological polar surface area (TPSA) is 67.2 Å². The maximum atomic E-state index is 13.8. The highest BCUT2D eigenvalue weighted by atomic mass is 32.2. The van der Waals surface area contributed by atoms with Gasteiger partial charge >= 0.3 is 0 Å². The summed E-state index contributed by atoms with van der Waals surface area (Å²) in [4.78, 5) is 16.7. The molecule has 1 aromatic heterocycles. The van der Waals surface area contributed by atoms with Gasteiger partial charge in [0, 0.05) is 12.3 Å². The Labute approximate surface area is 167 Å². The predicted octanol–water partition coefficient (Wildman–Crippen LogP) is 3.43. The summed E-state index contributed by atoms with van der Waals surface area (Å²) in [6, 6.07) is 14.5. The van der Waals surface area contributed by atoms with Gasteiger partial charge in [0.25, 0.3) is 0 Å². The van der Waals surface area contributed by atoms with Crippen LogP contribution in [0.25, 0.3) is 0 Å². The van der Waals surface area contributed by atoms with Gasteiger partial charge in [0.15, 0.2) is 5.16 Å². The molecule has 2 N–H and O–H groups in total. The van der Waals surface area contributed by atoms with Crippen LogP contribution in [0.15, 0.2) is 59.9 Å². The van der Waals surface area contributed by atoms with E-state index in [9.17, 15) is 14.3 Å². The molecule has 0 aliphatic heterocycles. The Bertz CT molecular complexity index is 941. The van der Waals surface area contributed by atoms with Crippen LogP contribution in [0.5, 0.6) is 0 Å². The number of nitrogens with zero attached hydrogens (tertiary/aromatic N) is 2. The van der Waals surface area contributed by atoms with E-state index in [0.717, 1.165) is 11.1 Å². The molecule has 0 fully saturated rings. The number of carbonyl (C=O) groups excluding carboxylic acids is 1. The smallest absolute Gasteiger partial charge is 0.240 e. The number of aliphatic hydroxyl groups is 1.